The zero-order chi connectivity index (χ0) is 12.8. The van der Waals surface area contributed by atoms with Gasteiger partial charge in [-0.15, -0.1) is 12.4 Å². The van der Waals surface area contributed by atoms with Crippen LogP contribution in [0, 0.1) is 5.92 Å². The van der Waals surface area contributed by atoms with E-state index in [1.165, 1.54) is 32.4 Å². The maximum absolute atomic E-state index is 11.9. The molecule has 0 aromatic rings. The zero-order valence-electron chi connectivity index (χ0n) is 12.0. The van der Waals surface area contributed by atoms with Gasteiger partial charge >= 0.3 is 0 Å². The second kappa shape index (κ2) is 8.77. The van der Waals surface area contributed by atoms with Gasteiger partial charge in [-0.1, -0.05) is 6.92 Å². The van der Waals surface area contributed by atoms with Crippen LogP contribution >= 0.6 is 12.4 Å². The minimum absolute atomic E-state index is 0. The molecule has 0 aromatic heterocycles. The van der Waals surface area contributed by atoms with Crippen LogP contribution in [0.5, 0.6) is 0 Å². The summed E-state index contributed by atoms with van der Waals surface area (Å²) in [7, 11) is 0. The summed E-state index contributed by atoms with van der Waals surface area (Å²) in [5.74, 6) is 0.857. The number of carbonyl (C=O) groups is 1. The molecule has 2 aliphatic rings. The number of piperidine rings is 1. The molecule has 1 amide bonds. The first-order valence-corrected chi connectivity index (χ1v) is 7.53. The average molecular weight is 290 g/mol. The Balaban J connectivity index is 0.00000180. The van der Waals surface area contributed by atoms with Crippen molar-refractivity contribution in [3.63, 3.8) is 0 Å². The van der Waals surface area contributed by atoms with Crippen LogP contribution in [0.1, 0.15) is 39.0 Å². The Kier molecular flexibility index (Phi) is 7.73. The summed E-state index contributed by atoms with van der Waals surface area (Å²) < 4.78 is 0. The summed E-state index contributed by atoms with van der Waals surface area (Å²) in [5, 5.41) is 6.38. The standard InChI is InChI=1S/C14H27N3O.ClH/c1-2-8-17-9-4-5-12(11-17)10-16-14(18)13-6-3-7-15-13;/h12-13,15H,2-11H2,1H3,(H,16,18);1H. The van der Waals surface area contributed by atoms with Gasteiger partial charge in [-0.05, 0) is 57.7 Å². The maximum Gasteiger partial charge on any atom is 0.237 e. The summed E-state index contributed by atoms with van der Waals surface area (Å²) in [4.78, 5) is 14.4. The molecule has 2 saturated heterocycles. The van der Waals surface area contributed by atoms with E-state index in [1.54, 1.807) is 0 Å². The molecule has 0 radical (unpaired) electrons. The number of rotatable bonds is 5. The molecule has 0 aliphatic carbocycles. The van der Waals surface area contributed by atoms with Gasteiger partial charge in [0.15, 0.2) is 0 Å². The average Bonchev–Trinajstić information content (AvgIpc) is 2.91. The van der Waals surface area contributed by atoms with Crippen molar-refractivity contribution in [1.82, 2.24) is 15.5 Å². The van der Waals surface area contributed by atoms with Crippen molar-refractivity contribution in [2.24, 2.45) is 5.92 Å². The lowest BCUT2D eigenvalue weighted by Gasteiger charge is -2.32. The number of likely N-dealkylation sites (tertiary alicyclic amines) is 1. The van der Waals surface area contributed by atoms with E-state index in [-0.39, 0.29) is 24.4 Å². The van der Waals surface area contributed by atoms with E-state index in [9.17, 15) is 4.79 Å². The van der Waals surface area contributed by atoms with E-state index in [1.807, 2.05) is 0 Å². The van der Waals surface area contributed by atoms with E-state index in [4.69, 9.17) is 0 Å². The molecule has 2 aliphatic heterocycles. The Morgan fingerprint density at radius 2 is 2.21 bits per heavy atom. The lowest BCUT2D eigenvalue weighted by molar-refractivity contribution is -0.123. The third kappa shape index (κ3) is 5.28. The third-order valence-electron chi connectivity index (χ3n) is 4.08. The largest absolute Gasteiger partial charge is 0.354 e. The molecule has 0 saturated carbocycles. The fourth-order valence-corrected chi connectivity index (χ4v) is 3.11. The van der Waals surface area contributed by atoms with Crippen molar-refractivity contribution in [2.45, 2.75) is 45.1 Å². The highest BCUT2D eigenvalue weighted by Crippen LogP contribution is 2.16. The molecule has 5 heteroatoms. The Morgan fingerprint density at radius 3 is 2.89 bits per heavy atom. The number of nitrogens with zero attached hydrogens (tertiary/aromatic N) is 1. The molecule has 2 heterocycles. The number of nitrogens with one attached hydrogen (secondary N) is 2. The van der Waals surface area contributed by atoms with Gasteiger partial charge in [-0.3, -0.25) is 4.79 Å². The molecule has 2 atom stereocenters. The highest BCUT2D eigenvalue weighted by Gasteiger charge is 2.24. The summed E-state index contributed by atoms with van der Waals surface area (Å²) in [6, 6.07) is 0.0698. The number of carbonyl (C=O) groups excluding carboxylic acids is 1. The first-order chi connectivity index (χ1) is 8.79. The molecule has 2 unspecified atom stereocenters. The second-order valence-electron chi connectivity index (χ2n) is 5.70. The van der Waals surface area contributed by atoms with Crippen molar-refractivity contribution >= 4 is 18.3 Å². The lowest BCUT2D eigenvalue weighted by atomic mass is 9.97. The molecule has 2 rings (SSSR count). The molecule has 4 nitrogen and oxygen atoms in total. The maximum atomic E-state index is 11.9. The van der Waals surface area contributed by atoms with Gasteiger partial charge in [0.05, 0.1) is 6.04 Å². The van der Waals surface area contributed by atoms with Crippen LogP contribution in [-0.4, -0.2) is 49.6 Å². The van der Waals surface area contributed by atoms with Gasteiger partial charge in [0.1, 0.15) is 0 Å². The highest BCUT2D eigenvalue weighted by atomic mass is 35.5. The second-order valence-corrected chi connectivity index (χ2v) is 5.70. The molecule has 19 heavy (non-hydrogen) atoms. The SMILES string of the molecule is CCCN1CCCC(CNC(=O)C2CCCN2)C1.Cl. The molecule has 0 aromatic carbocycles. The minimum atomic E-state index is 0. The normalized spacial score (nSPS) is 27.8. The smallest absolute Gasteiger partial charge is 0.237 e. The van der Waals surface area contributed by atoms with Crippen molar-refractivity contribution in [1.29, 1.82) is 0 Å². The fraction of sp³-hybridized carbons (Fsp3) is 0.929. The highest BCUT2D eigenvalue weighted by molar-refractivity contribution is 5.85. The fourth-order valence-electron chi connectivity index (χ4n) is 3.11. The van der Waals surface area contributed by atoms with Gasteiger partial charge < -0.3 is 15.5 Å². The van der Waals surface area contributed by atoms with Crippen LogP contribution in [-0.2, 0) is 4.79 Å². The van der Waals surface area contributed by atoms with E-state index in [0.29, 0.717) is 5.92 Å². The van der Waals surface area contributed by atoms with Crippen molar-refractivity contribution in [2.75, 3.05) is 32.7 Å². The summed E-state index contributed by atoms with van der Waals surface area (Å²) >= 11 is 0. The van der Waals surface area contributed by atoms with E-state index in [2.05, 4.69) is 22.5 Å². The summed E-state index contributed by atoms with van der Waals surface area (Å²) in [6.45, 7) is 7.68. The van der Waals surface area contributed by atoms with Crippen LogP contribution in [0.2, 0.25) is 0 Å². The minimum Gasteiger partial charge on any atom is -0.354 e. The van der Waals surface area contributed by atoms with Crippen LogP contribution < -0.4 is 10.6 Å². The summed E-state index contributed by atoms with van der Waals surface area (Å²) in [6.07, 6.45) is 5.90. The monoisotopic (exact) mass is 289 g/mol. The first-order valence-electron chi connectivity index (χ1n) is 7.53. The quantitative estimate of drug-likeness (QED) is 0.804. The lowest BCUT2D eigenvalue weighted by Crippen LogP contribution is -2.45. The number of hydrogen-bond donors (Lipinski definition) is 2. The van der Waals surface area contributed by atoms with E-state index >= 15 is 0 Å². The van der Waals surface area contributed by atoms with Gasteiger partial charge in [-0.25, -0.2) is 0 Å². The van der Waals surface area contributed by atoms with Crippen molar-refractivity contribution in [3.8, 4) is 0 Å². The van der Waals surface area contributed by atoms with Gasteiger partial charge in [0, 0.05) is 13.1 Å². The number of halogens is 1. The Morgan fingerprint density at radius 1 is 1.37 bits per heavy atom. The molecule has 112 valence electrons. The van der Waals surface area contributed by atoms with E-state index in [0.717, 1.165) is 32.5 Å². The van der Waals surface area contributed by atoms with Crippen LogP contribution in [0.15, 0.2) is 0 Å². The Labute approximate surface area is 123 Å². The Bertz CT molecular complexity index is 267. The van der Waals surface area contributed by atoms with Gasteiger partial charge in [0.25, 0.3) is 0 Å². The Hall–Kier alpha value is -0.320. The third-order valence-corrected chi connectivity index (χ3v) is 4.08. The van der Waals surface area contributed by atoms with Crippen LogP contribution in [0.3, 0.4) is 0 Å². The predicted octanol–water partition coefficient (Wildman–Crippen LogP) is 1.40. The van der Waals surface area contributed by atoms with Gasteiger partial charge in [0.2, 0.25) is 5.91 Å². The molecule has 0 bridgehead atoms. The first kappa shape index (κ1) is 16.7. The van der Waals surface area contributed by atoms with Crippen LogP contribution in [0.25, 0.3) is 0 Å². The van der Waals surface area contributed by atoms with Crippen molar-refractivity contribution < 1.29 is 4.79 Å². The van der Waals surface area contributed by atoms with Crippen LogP contribution in [0.4, 0.5) is 0 Å². The molecular formula is C14H28ClN3O. The molecule has 0 spiro atoms. The number of amides is 1. The molecular weight excluding hydrogens is 262 g/mol. The van der Waals surface area contributed by atoms with E-state index < -0.39 is 0 Å². The zero-order valence-corrected chi connectivity index (χ0v) is 12.8. The number of hydrogen-bond acceptors (Lipinski definition) is 3. The molecule has 2 fully saturated rings. The molecule has 2 N–H and O–H groups in total. The summed E-state index contributed by atoms with van der Waals surface area (Å²) in [5.41, 5.74) is 0. The predicted molar refractivity (Wildman–Crippen MR) is 80.7 cm³/mol. The van der Waals surface area contributed by atoms with Crippen molar-refractivity contribution in [3.05, 3.63) is 0 Å². The van der Waals surface area contributed by atoms with Gasteiger partial charge in [-0.2, -0.15) is 0 Å². The topological polar surface area (TPSA) is 44.4 Å².